The van der Waals surface area contributed by atoms with E-state index in [0.29, 0.717) is 11.5 Å². The predicted molar refractivity (Wildman–Crippen MR) is 72.1 cm³/mol. The number of rotatable bonds is 3. The molecule has 1 heterocycles. The molecule has 1 aromatic rings. The second kappa shape index (κ2) is 5.87. The van der Waals surface area contributed by atoms with Crippen molar-refractivity contribution < 1.29 is 14.7 Å². The highest BCUT2D eigenvalue weighted by Crippen LogP contribution is 2.22. The van der Waals surface area contributed by atoms with Crippen LogP contribution in [-0.4, -0.2) is 35.0 Å². The Bertz CT molecular complexity index is 459. The maximum atomic E-state index is 11.2. The van der Waals surface area contributed by atoms with Crippen LogP contribution in [0.25, 0.3) is 0 Å². The summed E-state index contributed by atoms with van der Waals surface area (Å²) in [5, 5.41) is 8.84. The van der Waals surface area contributed by atoms with Crippen molar-refractivity contribution in [3.05, 3.63) is 35.4 Å². The van der Waals surface area contributed by atoms with E-state index in [4.69, 9.17) is 5.11 Å². The van der Waals surface area contributed by atoms with Gasteiger partial charge in [-0.25, -0.2) is 4.79 Å². The molecule has 2 rings (SSSR count). The highest BCUT2D eigenvalue weighted by Gasteiger charge is 2.20. The molecular formula is C15H19NO3. The summed E-state index contributed by atoms with van der Waals surface area (Å²) in [7, 11) is 0. The molecule has 1 aliphatic heterocycles. The van der Waals surface area contributed by atoms with E-state index < -0.39 is 5.97 Å². The maximum Gasteiger partial charge on any atom is 0.335 e. The van der Waals surface area contributed by atoms with Gasteiger partial charge in [-0.1, -0.05) is 12.1 Å². The number of amides is 1. The fourth-order valence-corrected chi connectivity index (χ4v) is 2.57. The van der Waals surface area contributed by atoms with Crippen molar-refractivity contribution in [1.29, 1.82) is 0 Å². The summed E-state index contributed by atoms with van der Waals surface area (Å²) in [6.45, 7) is 3.30. The molecule has 102 valence electrons. The minimum atomic E-state index is -0.888. The molecule has 19 heavy (non-hydrogen) atoms. The Morgan fingerprint density at radius 3 is 2.26 bits per heavy atom. The second-order valence-electron chi connectivity index (χ2n) is 5.16. The number of nitrogens with zero attached hydrogens (tertiary/aromatic N) is 1. The Morgan fingerprint density at radius 1 is 1.21 bits per heavy atom. The Balaban J connectivity index is 1.88. The SMILES string of the molecule is CC(=O)N1CCC(Cc2ccc(C(=O)O)cc2)CC1. The Labute approximate surface area is 113 Å². The Morgan fingerprint density at radius 2 is 1.79 bits per heavy atom. The third kappa shape index (κ3) is 3.56. The number of carboxylic acid groups (broad SMARTS) is 1. The van der Waals surface area contributed by atoms with Gasteiger partial charge in [0.1, 0.15) is 0 Å². The maximum absolute atomic E-state index is 11.2. The minimum absolute atomic E-state index is 0.157. The first kappa shape index (κ1) is 13.6. The van der Waals surface area contributed by atoms with E-state index >= 15 is 0 Å². The van der Waals surface area contributed by atoms with Crippen LogP contribution in [0.4, 0.5) is 0 Å². The number of carboxylic acids is 1. The van der Waals surface area contributed by atoms with Crippen LogP contribution in [0.1, 0.15) is 35.7 Å². The molecule has 1 saturated heterocycles. The lowest BCUT2D eigenvalue weighted by Gasteiger charge is -2.31. The summed E-state index contributed by atoms with van der Waals surface area (Å²) in [5.41, 5.74) is 1.50. The fraction of sp³-hybridized carbons (Fsp3) is 0.467. The number of hydrogen-bond donors (Lipinski definition) is 1. The van der Waals surface area contributed by atoms with Crippen LogP contribution in [-0.2, 0) is 11.2 Å². The average molecular weight is 261 g/mol. The van der Waals surface area contributed by atoms with Crippen LogP contribution in [0.2, 0.25) is 0 Å². The molecule has 1 N–H and O–H groups in total. The highest BCUT2D eigenvalue weighted by molar-refractivity contribution is 5.87. The molecule has 0 unspecified atom stereocenters. The molecule has 0 aromatic heterocycles. The van der Waals surface area contributed by atoms with Crippen molar-refractivity contribution in [2.24, 2.45) is 5.92 Å². The van der Waals surface area contributed by atoms with E-state index in [9.17, 15) is 9.59 Å². The molecular weight excluding hydrogens is 242 g/mol. The smallest absolute Gasteiger partial charge is 0.335 e. The van der Waals surface area contributed by atoms with Crippen molar-refractivity contribution in [1.82, 2.24) is 4.90 Å². The quantitative estimate of drug-likeness (QED) is 0.907. The van der Waals surface area contributed by atoms with Gasteiger partial charge < -0.3 is 10.0 Å². The van der Waals surface area contributed by atoms with Crippen molar-refractivity contribution >= 4 is 11.9 Å². The van der Waals surface area contributed by atoms with Crippen LogP contribution < -0.4 is 0 Å². The number of benzene rings is 1. The molecule has 1 fully saturated rings. The largest absolute Gasteiger partial charge is 0.478 e. The molecule has 1 aromatic carbocycles. The predicted octanol–water partition coefficient (Wildman–Crippen LogP) is 2.19. The van der Waals surface area contributed by atoms with E-state index in [-0.39, 0.29) is 5.91 Å². The van der Waals surface area contributed by atoms with Gasteiger partial charge >= 0.3 is 5.97 Å². The lowest BCUT2D eigenvalue weighted by molar-refractivity contribution is -0.130. The zero-order chi connectivity index (χ0) is 13.8. The van der Waals surface area contributed by atoms with Gasteiger partial charge in [0.05, 0.1) is 5.56 Å². The number of aromatic carboxylic acids is 1. The van der Waals surface area contributed by atoms with Crippen LogP contribution >= 0.6 is 0 Å². The lowest BCUT2D eigenvalue weighted by Crippen LogP contribution is -2.37. The van der Waals surface area contributed by atoms with E-state index in [1.807, 2.05) is 17.0 Å². The molecule has 0 bridgehead atoms. The zero-order valence-electron chi connectivity index (χ0n) is 11.1. The first-order valence-corrected chi connectivity index (χ1v) is 6.64. The summed E-state index contributed by atoms with van der Waals surface area (Å²) in [6, 6.07) is 7.09. The highest BCUT2D eigenvalue weighted by atomic mass is 16.4. The Hall–Kier alpha value is -1.84. The van der Waals surface area contributed by atoms with Crippen LogP contribution in [0.15, 0.2) is 24.3 Å². The number of carbonyl (C=O) groups is 2. The van der Waals surface area contributed by atoms with E-state index in [2.05, 4.69) is 0 Å². The second-order valence-corrected chi connectivity index (χ2v) is 5.16. The van der Waals surface area contributed by atoms with Crippen molar-refractivity contribution in [3.8, 4) is 0 Å². The molecule has 0 radical (unpaired) electrons. The lowest BCUT2D eigenvalue weighted by atomic mass is 9.90. The van der Waals surface area contributed by atoms with Gasteiger partial charge in [0.25, 0.3) is 0 Å². The number of piperidine rings is 1. The van der Waals surface area contributed by atoms with Crippen molar-refractivity contribution in [2.45, 2.75) is 26.2 Å². The average Bonchev–Trinajstić information content (AvgIpc) is 2.40. The summed E-state index contributed by atoms with van der Waals surface area (Å²) in [4.78, 5) is 23.9. The van der Waals surface area contributed by atoms with E-state index in [0.717, 1.165) is 32.4 Å². The number of carbonyl (C=O) groups excluding carboxylic acids is 1. The fourth-order valence-electron chi connectivity index (χ4n) is 2.57. The van der Waals surface area contributed by atoms with E-state index in [1.54, 1.807) is 19.1 Å². The van der Waals surface area contributed by atoms with Gasteiger partial charge in [0.2, 0.25) is 5.91 Å². The topological polar surface area (TPSA) is 57.6 Å². The molecule has 4 heteroatoms. The summed E-state index contributed by atoms with van der Waals surface area (Å²) in [5.74, 6) is -0.142. The standard InChI is InChI=1S/C15H19NO3/c1-11(17)16-8-6-13(7-9-16)10-12-2-4-14(5-3-12)15(18)19/h2-5,13H,6-10H2,1H3,(H,18,19). The van der Waals surface area contributed by atoms with Crippen LogP contribution in [0, 0.1) is 5.92 Å². The molecule has 0 atom stereocenters. The van der Waals surface area contributed by atoms with Gasteiger partial charge in [-0.2, -0.15) is 0 Å². The molecule has 4 nitrogen and oxygen atoms in total. The molecule has 0 saturated carbocycles. The molecule has 1 amide bonds. The van der Waals surface area contributed by atoms with Gasteiger partial charge in [-0.05, 0) is 42.9 Å². The molecule has 0 aliphatic carbocycles. The summed E-state index contributed by atoms with van der Waals surface area (Å²) >= 11 is 0. The third-order valence-electron chi connectivity index (χ3n) is 3.79. The van der Waals surface area contributed by atoms with Gasteiger partial charge in [0.15, 0.2) is 0 Å². The van der Waals surface area contributed by atoms with Crippen molar-refractivity contribution in [2.75, 3.05) is 13.1 Å². The monoisotopic (exact) mass is 261 g/mol. The molecule has 0 spiro atoms. The zero-order valence-corrected chi connectivity index (χ0v) is 11.1. The van der Waals surface area contributed by atoms with E-state index in [1.165, 1.54) is 5.56 Å². The normalized spacial score (nSPS) is 16.4. The van der Waals surface area contributed by atoms with Crippen LogP contribution in [0.5, 0.6) is 0 Å². The Kier molecular flexibility index (Phi) is 4.20. The number of likely N-dealkylation sites (tertiary alicyclic amines) is 1. The number of hydrogen-bond acceptors (Lipinski definition) is 2. The van der Waals surface area contributed by atoms with Crippen molar-refractivity contribution in [3.63, 3.8) is 0 Å². The first-order valence-electron chi connectivity index (χ1n) is 6.64. The van der Waals surface area contributed by atoms with Gasteiger partial charge in [-0.15, -0.1) is 0 Å². The van der Waals surface area contributed by atoms with Gasteiger partial charge in [0, 0.05) is 20.0 Å². The first-order chi connectivity index (χ1) is 9.06. The summed E-state index contributed by atoms with van der Waals surface area (Å²) in [6.07, 6.45) is 3.02. The molecule has 1 aliphatic rings. The minimum Gasteiger partial charge on any atom is -0.478 e. The van der Waals surface area contributed by atoms with Gasteiger partial charge in [-0.3, -0.25) is 4.79 Å². The summed E-state index contributed by atoms with van der Waals surface area (Å²) < 4.78 is 0. The van der Waals surface area contributed by atoms with Crippen LogP contribution in [0.3, 0.4) is 0 Å². The third-order valence-corrected chi connectivity index (χ3v) is 3.79.